The molecule has 2 atom stereocenters. The molecule has 146 valence electrons. The van der Waals surface area contributed by atoms with Crippen LogP contribution in [0.25, 0.3) is 0 Å². The van der Waals surface area contributed by atoms with E-state index in [1.54, 1.807) is 0 Å². The summed E-state index contributed by atoms with van der Waals surface area (Å²) in [6.07, 6.45) is -4.56. The molecule has 0 aliphatic carbocycles. The molecular formula is C20H18F3N3OS. The monoisotopic (exact) mass is 405 g/mol. The minimum atomic E-state index is -4.56. The van der Waals surface area contributed by atoms with Crippen LogP contribution in [0.2, 0.25) is 0 Å². The highest BCUT2D eigenvalue weighted by Gasteiger charge is 2.42. The van der Waals surface area contributed by atoms with Gasteiger partial charge in [-0.3, -0.25) is 4.79 Å². The second kappa shape index (κ2) is 8.02. The average Bonchev–Trinajstić information content (AvgIpc) is 2.65. The van der Waals surface area contributed by atoms with Gasteiger partial charge in [-0.1, -0.05) is 55.1 Å². The van der Waals surface area contributed by atoms with Gasteiger partial charge < -0.3 is 16.0 Å². The van der Waals surface area contributed by atoms with Crippen molar-refractivity contribution in [2.75, 3.05) is 0 Å². The first kappa shape index (κ1) is 19.9. The number of hydrogen-bond acceptors (Lipinski definition) is 2. The minimum Gasteiger partial charge on any atom is -0.354 e. The number of rotatable bonds is 4. The van der Waals surface area contributed by atoms with Crippen molar-refractivity contribution in [3.05, 3.63) is 83.6 Å². The van der Waals surface area contributed by atoms with Gasteiger partial charge in [0.2, 0.25) is 5.91 Å². The number of halogens is 3. The molecule has 2 aromatic rings. The van der Waals surface area contributed by atoms with E-state index in [1.165, 1.54) is 18.2 Å². The van der Waals surface area contributed by atoms with E-state index in [0.29, 0.717) is 0 Å². The molecule has 2 aromatic carbocycles. The fourth-order valence-corrected chi connectivity index (χ4v) is 3.43. The number of benzene rings is 2. The summed E-state index contributed by atoms with van der Waals surface area (Å²) < 4.78 is 40.5. The molecule has 1 amide bonds. The fourth-order valence-electron chi connectivity index (χ4n) is 3.17. The zero-order chi connectivity index (χ0) is 20.3. The van der Waals surface area contributed by atoms with E-state index < -0.39 is 29.6 Å². The van der Waals surface area contributed by atoms with Crippen molar-refractivity contribution in [2.45, 2.75) is 18.8 Å². The van der Waals surface area contributed by atoms with Crippen LogP contribution >= 0.6 is 12.2 Å². The van der Waals surface area contributed by atoms with E-state index in [2.05, 4.69) is 22.5 Å². The molecule has 0 aromatic heterocycles. The number of amides is 1. The van der Waals surface area contributed by atoms with Crippen LogP contribution in [-0.2, 0) is 17.5 Å². The quantitative estimate of drug-likeness (QED) is 0.680. The normalized spacial score (nSPS) is 19.5. The molecule has 4 nitrogen and oxygen atoms in total. The van der Waals surface area contributed by atoms with Crippen LogP contribution in [0.4, 0.5) is 13.2 Å². The summed E-state index contributed by atoms with van der Waals surface area (Å²) in [5.41, 5.74) is 0.253. The Morgan fingerprint density at radius 1 is 1.11 bits per heavy atom. The number of carbonyl (C=O) groups is 1. The van der Waals surface area contributed by atoms with Gasteiger partial charge in [-0.2, -0.15) is 13.2 Å². The maximum absolute atomic E-state index is 13.5. The molecule has 1 aliphatic rings. The third kappa shape index (κ3) is 4.33. The highest BCUT2D eigenvalue weighted by Crippen LogP contribution is 2.38. The SMILES string of the molecule is C=C1NC(=S)N[C@H](c2ccccc2C(F)(F)F)[C@H]1C(=O)NCc1ccccc1. The lowest BCUT2D eigenvalue weighted by molar-refractivity contribution is -0.139. The standard InChI is InChI=1S/C20H18F3N3OS/c1-12-16(18(27)24-11-13-7-3-2-4-8-13)17(26-19(28)25-12)14-9-5-6-10-15(14)20(21,22)23/h2-10,16-17H,1,11H2,(H,24,27)(H2,25,26,28)/t16-,17+/m0/s1. The maximum Gasteiger partial charge on any atom is 0.416 e. The lowest BCUT2D eigenvalue weighted by Gasteiger charge is -2.36. The van der Waals surface area contributed by atoms with Gasteiger partial charge in [-0.15, -0.1) is 0 Å². The summed E-state index contributed by atoms with van der Waals surface area (Å²) >= 11 is 5.08. The van der Waals surface area contributed by atoms with Crippen molar-refractivity contribution >= 4 is 23.2 Å². The molecule has 8 heteroatoms. The fraction of sp³-hybridized carbons (Fsp3) is 0.200. The summed E-state index contributed by atoms with van der Waals surface area (Å²) in [6, 6.07) is 13.4. The van der Waals surface area contributed by atoms with E-state index in [4.69, 9.17) is 12.2 Å². The van der Waals surface area contributed by atoms with E-state index in [0.717, 1.165) is 11.6 Å². The van der Waals surface area contributed by atoms with Gasteiger partial charge in [-0.05, 0) is 29.4 Å². The predicted molar refractivity (Wildman–Crippen MR) is 104 cm³/mol. The Labute approximate surface area is 165 Å². The van der Waals surface area contributed by atoms with Crippen molar-refractivity contribution in [3.63, 3.8) is 0 Å². The third-order valence-electron chi connectivity index (χ3n) is 4.46. The van der Waals surface area contributed by atoms with Gasteiger partial charge in [0.1, 0.15) is 5.92 Å². The van der Waals surface area contributed by atoms with Crippen LogP contribution in [0.1, 0.15) is 22.7 Å². The number of nitrogens with one attached hydrogen (secondary N) is 3. The largest absolute Gasteiger partial charge is 0.416 e. The molecule has 0 saturated carbocycles. The molecule has 3 N–H and O–H groups in total. The van der Waals surface area contributed by atoms with E-state index in [9.17, 15) is 18.0 Å². The summed E-state index contributed by atoms with van der Waals surface area (Å²) in [5, 5.41) is 8.45. The highest BCUT2D eigenvalue weighted by atomic mass is 32.1. The van der Waals surface area contributed by atoms with Crippen LogP contribution in [-0.4, -0.2) is 11.0 Å². The van der Waals surface area contributed by atoms with E-state index in [1.807, 2.05) is 30.3 Å². The van der Waals surface area contributed by atoms with Gasteiger partial charge in [0.05, 0.1) is 11.6 Å². The molecule has 1 fully saturated rings. The second-order valence-electron chi connectivity index (χ2n) is 6.37. The zero-order valence-electron chi connectivity index (χ0n) is 14.7. The first-order valence-corrected chi connectivity index (χ1v) is 8.92. The molecule has 1 heterocycles. The Morgan fingerprint density at radius 2 is 1.75 bits per heavy atom. The van der Waals surface area contributed by atoms with Crippen LogP contribution in [0, 0.1) is 5.92 Å². The predicted octanol–water partition coefficient (Wildman–Crippen LogP) is 3.67. The van der Waals surface area contributed by atoms with Crippen molar-refractivity contribution in [1.29, 1.82) is 0 Å². The van der Waals surface area contributed by atoms with Crippen LogP contribution in [0.5, 0.6) is 0 Å². The number of alkyl halides is 3. The van der Waals surface area contributed by atoms with E-state index >= 15 is 0 Å². The zero-order valence-corrected chi connectivity index (χ0v) is 15.5. The Kier molecular flexibility index (Phi) is 5.69. The maximum atomic E-state index is 13.5. The lowest BCUT2D eigenvalue weighted by atomic mass is 9.86. The molecule has 3 rings (SSSR count). The second-order valence-corrected chi connectivity index (χ2v) is 6.78. The number of thiocarbonyl (C=S) groups is 1. The Balaban J connectivity index is 1.91. The lowest BCUT2D eigenvalue weighted by Crippen LogP contribution is -2.53. The third-order valence-corrected chi connectivity index (χ3v) is 4.68. The van der Waals surface area contributed by atoms with Crippen LogP contribution < -0.4 is 16.0 Å². The molecule has 0 unspecified atom stereocenters. The molecule has 28 heavy (non-hydrogen) atoms. The molecule has 1 saturated heterocycles. The van der Waals surface area contributed by atoms with Crippen molar-refractivity contribution < 1.29 is 18.0 Å². The molecule has 0 bridgehead atoms. The molecule has 0 spiro atoms. The molecule has 1 aliphatic heterocycles. The first-order chi connectivity index (χ1) is 13.3. The molecule has 0 radical (unpaired) electrons. The number of carbonyl (C=O) groups excluding carboxylic acids is 1. The van der Waals surface area contributed by atoms with Crippen molar-refractivity contribution in [2.24, 2.45) is 5.92 Å². The topological polar surface area (TPSA) is 53.2 Å². The van der Waals surface area contributed by atoms with Gasteiger partial charge in [0.15, 0.2) is 5.11 Å². The minimum absolute atomic E-state index is 0.0557. The summed E-state index contributed by atoms with van der Waals surface area (Å²) in [5.74, 6) is -1.42. The Morgan fingerprint density at radius 3 is 2.43 bits per heavy atom. The highest BCUT2D eigenvalue weighted by molar-refractivity contribution is 7.80. The van der Waals surface area contributed by atoms with Crippen molar-refractivity contribution in [3.8, 4) is 0 Å². The van der Waals surface area contributed by atoms with Gasteiger partial charge in [0, 0.05) is 12.2 Å². The van der Waals surface area contributed by atoms with Crippen molar-refractivity contribution in [1.82, 2.24) is 16.0 Å². The summed E-state index contributed by atoms with van der Waals surface area (Å²) in [6.45, 7) is 4.06. The smallest absolute Gasteiger partial charge is 0.354 e. The Bertz CT molecular complexity index is 899. The molecular weight excluding hydrogens is 387 g/mol. The van der Waals surface area contributed by atoms with Crippen LogP contribution in [0.15, 0.2) is 66.9 Å². The number of hydrogen-bond donors (Lipinski definition) is 3. The summed E-state index contributed by atoms with van der Waals surface area (Å²) in [4.78, 5) is 12.9. The van der Waals surface area contributed by atoms with Crippen LogP contribution in [0.3, 0.4) is 0 Å². The van der Waals surface area contributed by atoms with Gasteiger partial charge in [0.25, 0.3) is 0 Å². The average molecular weight is 405 g/mol. The van der Waals surface area contributed by atoms with E-state index in [-0.39, 0.29) is 22.9 Å². The Hall–Kier alpha value is -2.87. The first-order valence-electron chi connectivity index (χ1n) is 8.51. The summed E-state index contributed by atoms with van der Waals surface area (Å²) in [7, 11) is 0. The van der Waals surface area contributed by atoms with Gasteiger partial charge >= 0.3 is 6.18 Å². The van der Waals surface area contributed by atoms with Gasteiger partial charge in [-0.25, -0.2) is 0 Å².